The van der Waals surface area contributed by atoms with Gasteiger partial charge in [-0.3, -0.25) is 19.7 Å². The number of aliphatic hydroxyl groups is 1. The van der Waals surface area contributed by atoms with Crippen molar-refractivity contribution in [2.24, 2.45) is 0 Å². The van der Waals surface area contributed by atoms with Crippen LogP contribution >= 0.6 is 0 Å². The van der Waals surface area contributed by atoms with Gasteiger partial charge in [0.25, 0.3) is 17.4 Å². The quantitative estimate of drug-likeness (QED) is 0.196. The molecule has 2 aromatic carbocycles. The van der Waals surface area contributed by atoms with Crippen molar-refractivity contribution in [3.05, 3.63) is 75.3 Å². The number of carbonyl (C=O) groups excluding carboxylic acids is 2. The molecule has 9 nitrogen and oxygen atoms in total. The van der Waals surface area contributed by atoms with Crippen LogP contribution in [-0.4, -0.2) is 64.8 Å². The maximum absolute atomic E-state index is 13.1. The summed E-state index contributed by atoms with van der Waals surface area (Å²) in [5.74, 6) is -1.29. The Balaban J connectivity index is 2.08. The molecule has 1 N–H and O–H groups in total. The Labute approximate surface area is 198 Å². The maximum atomic E-state index is 13.1. The normalized spacial score (nSPS) is 17.6. The largest absolute Gasteiger partial charge is 0.507 e. The number of hydrogen-bond donors (Lipinski definition) is 1. The highest BCUT2D eigenvalue weighted by molar-refractivity contribution is 6.46. The van der Waals surface area contributed by atoms with Crippen LogP contribution in [0.5, 0.6) is 5.75 Å². The van der Waals surface area contributed by atoms with E-state index in [4.69, 9.17) is 4.74 Å². The molecule has 34 heavy (non-hydrogen) atoms. The van der Waals surface area contributed by atoms with Crippen molar-refractivity contribution in [2.75, 3.05) is 27.2 Å². The van der Waals surface area contributed by atoms with Gasteiger partial charge in [0.2, 0.25) is 0 Å². The number of carbonyl (C=O) groups is 2. The number of non-ortho nitro benzene ring substituents is 1. The van der Waals surface area contributed by atoms with E-state index in [2.05, 4.69) is 0 Å². The number of aliphatic hydroxyl groups excluding tert-OH is 1. The first-order valence-electron chi connectivity index (χ1n) is 11.0. The van der Waals surface area contributed by atoms with Crippen LogP contribution in [0.3, 0.4) is 0 Å². The van der Waals surface area contributed by atoms with Gasteiger partial charge < -0.3 is 19.6 Å². The number of hydrogen-bond acceptors (Lipinski definition) is 7. The summed E-state index contributed by atoms with van der Waals surface area (Å²) in [7, 11) is 3.80. The Morgan fingerprint density at radius 3 is 2.44 bits per heavy atom. The average molecular weight is 468 g/mol. The van der Waals surface area contributed by atoms with Gasteiger partial charge in [-0.25, -0.2) is 0 Å². The Morgan fingerprint density at radius 2 is 1.85 bits per heavy atom. The molecule has 9 heteroatoms. The molecule has 3 rings (SSSR count). The Hall–Kier alpha value is -3.72. The number of nitro groups is 1. The second kappa shape index (κ2) is 10.5. The molecule has 1 aliphatic rings. The summed E-state index contributed by atoms with van der Waals surface area (Å²) >= 11 is 0. The minimum absolute atomic E-state index is 0.0270. The van der Waals surface area contributed by atoms with Gasteiger partial charge in [-0.05, 0) is 70.7 Å². The molecule has 1 atom stereocenters. The topological polar surface area (TPSA) is 113 Å². The standard InChI is InChI=1S/C25H29N3O6/c1-16(2)34-20-11-9-17(10-12-20)23(29)21-22(18-7-5-8-19(15-18)28(32)33)27(25(31)24(21)30)14-6-13-26(3)4/h5,7-12,15-16,22,29H,6,13-14H2,1-4H3/b23-21+/t22-/m1/s1. The van der Waals surface area contributed by atoms with Gasteiger partial charge in [0.05, 0.1) is 22.6 Å². The van der Waals surface area contributed by atoms with Gasteiger partial charge in [-0.15, -0.1) is 0 Å². The second-order valence-electron chi connectivity index (χ2n) is 8.69. The van der Waals surface area contributed by atoms with Crippen molar-refractivity contribution >= 4 is 23.1 Å². The number of Topliss-reactive ketones (excluding diaryl/α,β-unsaturated/α-hetero) is 1. The number of ether oxygens (including phenoxy) is 1. The van der Waals surface area contributed by atoms with E-state index in [0.717, 1.165) is 0 Å². The molecule has 1 heterocycles. The fraction of sp³-hybridized carbons (Fsp3) is 0.360. The first-order valence-corrected chi connectivity index (χ1v) is 11.0. The van der Waals surface area contributed by atoms with Crippen molar-refractivity contribution in [3.8, 4) is 5.75 Å². The third-order valence-corrected chi connectivity index (χ3v) is 5.44. The maximum Gasteiger partial charge on any atom is 0.295 e. The lowest BCUT2D eigenvalue weighted by Crippen LogP contribution is -2.32. The summed E-state index contributed by atoms with van der Waals surface area (Å²) in [6.07, 6.45) is 0.563. The average Bonchev–Trinajstić information content (AvgIpc) is 3.03. The number of amides is 1. The van der Waals surface area contributed by atoms with Crippen LogP contribution in [-0.2, 0) is 9.59 Å². The van der Waals surface area contributed by atoms with E-state index in [9.17, 15) is 24.8 Å². The summed E-state index contributed by atoms with van der Waals surface area (Å²) < 4.78 is 5.62. The van der Waals surface area contributed by atoms with Crippen molar-refractivity contribution in [2.45, 2.75) is 32.4 Å². The van der Waals surface area contributed by atoms with E-state index in [1.54, 1.807) is 30.3 Å². The molecule has 1 aliphatic heterocycles. The van der Waals surface area contributed by atoms with E-state index in [0.29, 0.717) is 29.8 Å². The Morgan fingerprint density at radius 1 is 1.18 bits per heavy atom. The van der Waals surface area contributed by atoms with E-state index < -0.39 is 22.7 Å². The number of likely N-dealkylation sites (tertiary alicyclic amines) is 1. The van der Waals surface area contributed by atoms with Crippen LogP contribution < -0.4 is 4.74 Å². The number of ketones is 1. The predicted octanol–water partition coefficient (Wildman–Crippen LogP) is 3.76. The Bertz CT molecular complexity index is 1110. The van der Waals surface area contributed by atoms with Gasteiger partial charge in [0.1, 0.15) is 11.5 Å². The highest BCUT2D eigenvalue weighted by atomic mass is 16.6. The van der Waals surface area contributed by atoms with Gasteiger partial charge in [0, 0.05) is 24.2 Å². The SMILES string of the molecule is CC(C)Oc1ccc(/C(O)=C2\C(=O)C(=O)N(CCCN(C)C)[C@@H]2c2cccc([N+](=O)[O-])c2)cc1. The lowest BCUT2D eigenvalue weighted by Gasteiger charge is -2.25. The molecule has 1 saturated heterocycles. The zero-order valence-corrected chi connectivity index (χ0v) is 19.7. The van der Waals surface area contributed by atoms with Gasteiger partial charge in [-0.1, -0.05) is 12.1 Å². The first-order chi connectivity index (χ1) is 16.1. The number of benzene rings is 2. The van der Waals surface area contributed by atoms with Crippen LogP contribution in [0, 0.1) is 10.1 Å². The molecule has 1 amide bonds. The highest BCUT2D eigenvalue weighted by Crippen LogP contribution is 2.40. The van der Waals surface area contributed by atoms with Crippen LogP contribution in [0.4, 0.5) is 5.69 Å². The van der Waals surface area contributed by atoms with E-state index >= 15 is 0 Å². The third kappa shape index (κ3) is 5.43. The third-order valence-electron chi connectivity index (χ3n) is 5.44. The lowest BCUT2D eigenvalue weighted by molar-refractivity contribution is -0.384. The smallest absolute Gasteiger partial charge is 0.295 e. The van der Waals surface area contributed by atoms with Gasteiger partial charge in [-0.2, -0.15) is 0 Å². The van der Waals surface area contributed by atoms with E-state index in [1.807, 2.05) is 32.8 Å². The molecular weight excluding hydrogens is 438 g/mol. The monoisotopic (exact) mass is 467 g/mol. The molecule has 0 bridgehead atoms. The van der Waals surface area contributed by atoms with E-state index in [1.165, 1.54) is 23.1 Å². The molecule has 180 valence electrons. The molecule has 2 aromatic rings. The van der Waals surface area contributed by atoms with Gasteiger partial charge >= 0.3 is 0 Å². The van der Waals surface area contributed by atoms with Crippen LogP contribution in [0.2, 0.25) is 0 Å². The number of nitrogens with zero attached hydrogens (tertiary/aromatic N) is 3. The Kier molecular flexibility index (Phi) is 7.68. The number of rotatable bonds is 9. The van der Waals surface area contributed by atoms with Crippen molar-refractivity contribution < 1.29 is 24.4 Å². The fourth-order valence-corrected chi connectivity index (χ4v) is 3.94. The van der Waals surface area contributed by atoms with Gasteiger partial charge in [0.15, 0.2) is 0 Å². The van der Waals surface area contributed by atoms with Crippen LogP contribution in [0.1, 0.15) is 37.4 Å². The van der Waals surface area contributed by atoms with Crippen molar-refractivity contribution in [1.82, 2.24) is 9.80 Å². The minimum atomic E-state index is -0.936. The summed E-state index contributed by atoms with van der Waals surface area (Å²) in [6.45, 7) is 4.73. The summed E-state index contributed by atoms with van der Waals surface area (Å²) in [5.41, 5.74) is 0.483. The van der Waals surface area contributed by atoms with Crippen LogP contribution in [0.15, 0.2) is 54.1 Å². The summed E-state index contributed by atoms with van der Waals surface area (Å²) in [4.78, 5) is 40.2. The predicted molar refractivity (Wildman–Crippen MR) is 127 cm³/mol. The molecule has 1 fully saturated rings. The molecule has 0 unspecified atom stereocenters. The lowest BCUT2D eigenvalue weighted by atomic mass is 9.95. The molecule has 0 radical (unpaired) electrons. The van der Waals surface area contributed by atoms with Crippen LogP contribution in [0.25, 0.3) is 5.76 Å². The molecule has 0 aromatic heterocycles. The highest BCUT2D eigenvalue weighted by Gasteiger charge is 2.46. The number of nitro benzene ring substituents is 1. The molecule has 0 saturated carbocycles. The van der Waals surface area contributed by atoms with E-state index in [-0.39, 0.29) is 29.7 Å². The van der Waals surface area contributed by atoms with Crippen molar-refractivity contribution in [3.63, 3.8) is 0 Å². The molecule has 0 spiro atoms. The summed E-state index contributed by atoms with van der Waals surface area (Å²) in [5, 5.41) is 22.5. The zero-order chi connectivity index (χ0) is 25.0. The zero-order valence-electron chi connectivity index (χ0n) is 19.7. The second-order valence-corrected chi connectivity index (χ2v) is 8.69. The first kappa shape index (κ1) is 24.9. The molecular formula is C25H29N3O6. The summed E-state index contributed by atoms with van der Waals surface area (Å²) in [6, 6.07) is 11.4. The van der Waals surface area contributed by atoms with Crippen molar-refractivity contribution in [1.29, 1.82) is 0 Å². The minimum Gasteiger partial charge on any atom is -0.507 e. The molecule has 0 aliphatic carbocycles. The fourth-order valence-electron chi connectivity index (χ4n) is 3.94.